The van der Waals surface area contributed by atoms with Crippen LogP contribution < -0.4 is 16.3 Å². The second-order valence-corrected chi connectivity index (χ2v) is 9.15. The maximum absolute atomic E-state index is 13.2. The lowest BCUT2D eigenvalue weighted by molar-refractivity contribution is -0.124. The Morgan fingerprint density at radius 1 is 1.16 bits per heavy atom. The smallest absolute Gasteiger partial charge is 0.408 e. The van der Waals surface area contributed by atoms with Gasteiger partial charge in [0.15, 0.2) is 0 Å². The third kappa shape index (κ3) is 4.85. The van der Waals surface area contributed by atoms with Crippen molar-refractivity contribution >= 4 is 23.0 Å². The van der Waals surface area contributed by atoms with Crippen LogP contribution >= 0.6 is 0 Å². The van der Waals surface area contributed by atoms with Gasteiger partial charge in [-0.2, -0.15) is 0 Å². The van der Waals surface area contributed by atoms with Crippen LogP contribution in [-0.4, -0.2) is 39.2 Å². The Balaban J connectivity index is 1.51. The number of H-pyrrole nitrogens is 1. The molecule has 0 fully saturated rings. The fourth-order valence-electron chi connectivity index (χ4n) is 4.09. The van der Waals surface area contributed by atoms with Gasteiger partial charge in [-0.3, -0.25) is 9.36 Å². The van der Waals surface area contributed by atoms with Crippen molar-refractivity contribution in [2.45, 2.75) is 57.8 Å². The Kier molecular flexibility index (Phi) is 5.78. The normalized spacial score (nSPS) is 16.4. The number of hydrogen-bond donors (Lipinski definition) is 3. The molecule has 168 valence electrons. The molecule has 32 heavy (non-hydrogen) atoms. The van der Waals surface area contributed by atoms with Crippen LogP contribution in [0.2, 0.25) is 0 Å². The lowest BCUT2D eigenvalue weighted by atomic mass is 9.99. The molecule has 2 aromatic carbocycles. The maximum atomic E-state index is 13.2. The van der Waals surface area contributed by atoms with Gasteiger partial charge in [-0.05, 0) is 44.4 Å². The molecule has 0 spiro atoms. The fraction of sp³-hybridized carbons (Fsp3) is 0.375. The highest BCUT2D eigenvalue weighted by molar-refractivity contribution is 5.86. The number of ether oxygens (including phenoxy) is 1. The van der Waals surface area contributed by atoms with Crippen molar-refractivity contribution in [1.29, 1.82) is 0 Å². The Hall–Kier alpha value is -3.55. The topological polar surface area (TPSA) is 105 Å². The number of carbonyl (C=O) groups excluding carboxylic acids is 2. The molecule has 8 nitrogen and oxygen atoms in total. The van der Waals surface area contributed by atoms with Crippen molar-refractivity contribution in [3.05, 3.63) is 70.1 Å². The highest BCUT2D eigenvalue weighted by Crippen LogP contribution is 2.22. The minimum atomic E-state index is -0.813. The lowest BCUT2D eigenvalue weighted by Gasteiger charge is -2.28. The van der Waals surface area contributed by atoms with E-state index >= 15 is 0 Å². The van der Waals surface area contributed by atoms with Crippen molar-refractivity contribution in [1.82, 2.24) is 20.2 Å². The van der Waals surface area contributed by atoms with Gasteiger partial charge in [0.05, 0.1) is 17.1 Å². The minimum absolute atomic E-state index is 0.195. The van der Waals surface area contributed by atoms with Crippen molar-refractivity contribution < 1.29 is 14.3 Å². The largest absolute Gasteiger partial charge is 0.444 e. The summed E-state index contributed by atoms with van der Waals surface area (Å²) in [6, 6.07) is 14.1. The van der Waals surface area contributed by atoms with E-state index < -0.39 is 17.7 Å². The number of para-hydroxylation sites is 1. The van der Waals surface area contributed by atoms with Crippen LogP contribution in [0, 0.1) is 0 Å². The van der Waals surface area contributed by atoms with E-state index in [4.69, 9.17) is 4.74 Å². The first-order chi connectivity index (χ1) is 15.2. The molecule has 1 aliphatic rings. The first-order valence-corrected chi connectivity index (χ1v) is 10.7. The number of hydrogen-bond acceptors (Lipinski definition) is 4. The van der Waals surface area contributed by atoms with Gasteiger partial charge in [-0.1, -0.05) is 42.5 Å². The van der Waals surface area contributed by atoms with Crippen LogP contribution in [0.25, 0.3) is 11.0 Å². The number of aromatic amines is 1. The van der Waals surface area contributed by atoms with Crippen LogP contribution in [0.1, 0.15) is 31.9 Å². The molecule has 0 aliphatic carbocycles. The number of nitrogens with one attached hydrogen (secondary N) is 3. The summed E-state index contributed by atoms with van der Waals surface area (Å²) in [6.07, 6.45) is 0.278. The number of amides is 2. The van der Waals surface area contributed by atoms with Gasteiger partial charge in [0.25, 0.3) is 0 Å². The Morgan fingerprint density at radius 3 is 2.62 bits per heavy atom. The van der Waals surface area contributed by atoms with Gasteiger partial charge >= 0.3 is 11.8 Å². The van der Waals surface area contributed by atoms with Crippen LogP contribution in [0.4, 0.5) is 4.79 Å². The van der Waals surface area contributed by atoms with E-state index in [0.29, 0.717) is 19.4 Å². The summed E-state index contributed by atoms with van der Waals surface area (Å²) in [4.78, 5) is 40.8. The zero-order valence-electron chi connectivity index (χ0n) is 18.5. The van der Waals surface area contributed by atoms with Gasteiger partial charge in [0, 0.05) is 13.0 Å². The fourth-order valence-corrected chi connectivity index (χ4v) is 4.09. The molecule has 1 aromatic heterocycles. The van der Waals surface area contributed by atoms with E-state index in [1.54, 1.807) is 25.3 Å². The number of carbonyl (C=O) groups is 2. The highest BCUT2D eigenvalue weighted by Gasteiger charge is 2.29. The van der Waals surface area contributed by atoms with Crippen LogP contribution in [-0.2, 0) is 28.9 Å². The predicted octanol–water partition coefficient (Wildman–Crippen LogP) is 2.51. The highest BCUT2D eigenvalue weighted by atomic mass is 16.6. The first-order valence-electron chi connectivity index (χ1n) is 10.7. The third-order valence-corrected chi connectivity index (χ3v) is 5.38. The molecule has 3 aromatic rings. The SMILES string of the molecule is CC(C)(C)OC(=O)N[C@@H](Cc1ccccc1)C(=O)NC1Cc2cccc3[nH]c(=O)n(c23)C1. The Morgan fingerprint density at radius 2 is 1.91 bits per heavy atom. The summed E-state index contributed by atoms with van der Waals surface area (Å²) < 4.78 is 7.02. The average molecular weight is 437 g/mol. The van der Waals surface area contributed by atoms with Gasteiger partial charge in [0.2, 0.25) is 5.91 Å². The Labute approximate surface area is 186 Å². The molecular formula is C24H28N4O4. The van der Waals surface area contributed by atoms with Crippen molar-refractivity contribution in [2.75, 3.05) is 0 Å². The molecule has 1 unspecified atom stereocenters. The van der Waals surface area contributed by atoms with Crippen molar-refractivity contribution in [2.24, 2.45) is 0 Å². The van der Waals surface area contributed by atoms with Gasteiger partial charge in [-0.15, -0.1) is 0 Å². The number of nitrogens with zero attached hydrogens (tertiary/aromatic N) is 1. The summed E-state index contributed by atoms with van der Waals surface area (Å²) in [5, 5.41) is 5.73. The number of benzene rings is 2. The molecule has 2 heterocycles. The van der Waals surface area contributed by atoms with E-state index in [-0.39, 0.29) is 17.6 Å². The summed E-state index contributed by atoms with van der Waals surface area (Å²) in [7, 11) is 0. The van der Waals surface area contributed by atoms with Crippen LogP contribution in [0.3, 0.4) is 0 Å². The molecule has 0 saturated heterocycles. The number of alkyl carbamates (subject to hydrolysis) is 1. The quantitative estimate of drug-likeness (QED) is 0.571. The Bertz CT molecular complexity index is 1190. The standard InChI is InChI=1S/C24H28N4O4/c1-24(2,3)32-23(31)27-19(12-15-8-5-4-6-9-15)21(29)25-17-13-16-10-7-11-18-20(16)28(14-17)22(30)26-18/h4-11,17,19H,12-14H2,1-3H3,(H,25,29)(H,26,30)(H,27,31)/t17?,19-/m0/s1. The summed E-state index contributed by atoms with van der Waals surface area (Å²) in [5.74, 6) is -0.316. The molecule has 2 amide bonds. The van der Waals surface area contributed by atoms with Crippen LogP contribution in [0.15, 0.2) is 53.3 Å². The van der Waals surface area contributed by atoms with Crippen molar-refractivity contribution in [3.8, 4) is 0 Å². The van der Waals surface area contributed by atoms with Crippen LogP contribution in [0.5, 0.6) is 0 Å². The number of rotatable bonds is 5. The van der Waals surface area contributed by atoms with E-state index in [9.17, 15) is 14.4 Å². The third-order valence-electron chi connectivity index (χ3n) is 5.38. The number of aromatic nitrogens is 2. The molecule has 4 rings (SSSR count). The maximum Gasteiger partial charge on any atom is 0.408 e. The summed E-state index contributed by atoms with van der Waals surface area (Å²) in [6.45, 7) is 5.68. The second kappa shape index (κ2) is 8.53. The molecule has 2 atom stereocenters. The zero-order chi connectivity index (χ0) is 22.9. The molecule has 0 radical (unpaired) electrons. The van der Waals surface area contributed by atoms with Gasteiger partial charge in [-0.25, -0.2) is 9.59 Å². The van der Waals surface area contributed by atoms with E-state index in [1.807, 2.05) is 48.5 Å². The van der Waals surface area contributed by atoms with E-state index in [0.717, 1.165) is 22.2 Å². The second-order valence-electron chi connectivity index (χ2n) is 9.15. The van der Waals surface area contributed by atoms with Gasteiger partial charge in [0.1, 0.15) is 11.6 Å². The predicted molar refractivity (Wildman–Crippen MR) is 121 cm³/mol. The van der Waals surface area contributed by atoms with E-state index in [2.05, 4.69) is 15.6 Å². The van der Waals surface area contributed by atoms with Gasteiger partial charge < -0.3 is 20.4 Å². The van der Waals surface area contributed by atoms with E-state index in [1.165, 1.54) is 0 Å². The molecular weight excluding hydrogens is 408 g/mol. The summed E-state index contributed by atoms with van der Waals surface area (Å²) in [5.41, 5.74) is 2.73. The minimum Gasteiger partial charge on any atom is -0.444 e. The van der Waals surface area contributed by atoms with Crippen molar-refractivity contribution in [3.63, 3.8) is 0 Å². The lowest BCUT2D eigenvalue weighted by Crippen LogP contribution is -2.53. The molecule has 1 aliphatic heterocycles. The zero-order valence-corrected chi connectivity index (χ0v) is 18.5. The molecule has 0 bridgehead atoms. The summed E-state index contributed by atoms with van der Waals surface area (Å²) >= 11 is 0. The number of imidazole rings is 1. The average Bonchev–Trinajstić information content (AvgIpc) is 3.04. The molecule has 8 heteroatoms. The molecule has 0 saturated carbocycles. The monoisotopic (exact) mass is 436 g/mol. The first kappa shape index (κ1) is 21.7. The molecule has 3 N–H and O–H groups in total.